The van der Waals surface area contributed by atoms with Crippen molar-refractivity contribution < 1.29 is 18.8 Å². The molecular weight excluding hydrogens is 547 g/mol. The molecule has 0 fully saturated rings. The van der Waals surface area contributed by atoms with E-state index >= 15 is 0 Å². The van der Waals surface area contributed by atoms with E-state index in [4.69, 9.17) is 37.2 Å². The maximum absolute atomic E-state index is 12.2. The molecule has 0 saturated heterocycles. The molecular formula is C32H28Cl2N2O4. The van der Waals surface area contributed by atoms with Gasteiger partial charge in [0.05, 0.1) is 27.8 Å². The maximum Gasteiger partial charge on any atom is 0.338 e. The molecule has 0 saturated carbocycles. The Hall–Kier alpha value is -4.00. The van der Waals surface area contributed by atoms with Crippen LogP contribution < -0.4 is 10.1 Å². The smallest absolute Gasteiger partial charge is 0.338 e. The molecule has 204 valence electrons. The van der Waals surface area contributed by atoms with Crippen molar-refractivity contribution in [3.8, 4) is 17.0 Å². The zero-order chi connectivity index (χ0) is 28.1. The van der Waals surface area contributed by atoms with Crippen LogP contribution in [0.3, 0.4) is 0 Å². The third-order valence-electron chi connectivity index (χ3n) is 6.43. The average molecular weight is 575 g/mol. The van der Waals surface area contributed by atoms with Gasteiger partial charge in [-0.15, -0.1) is 0 Å². The summed E-state index contributed by atoms with van der Waals surface area (Å²) in [6.07, 6.45) is 1.62. The number of carbonyl (C=O) groups excluding carboxylic acids is 1. The van der Waals surface area contributed by atoms with Crippen molar-refractivity contribution in [3.05, 3.63) is 106 Å². The summed E-state index contributed by atoms with van der Waals surface area (Å²) in [7, 11) is 0. The van der Waals surface area contributed by atoms with Gasteiger partial charge in [-0.3, -0.25) is 0 Å². The van der Waals surface area contributed by atoms with Crippen molar-refractivity contribution >= 4 is 51.3 Å². The number of nitrogens with one attached hydrogen (secondary N) is 1. The minimum absolute atomic E-state index is 0.250. The number of aromatic nitrogens is 1. The van der Waals surface area contributed by atoms with Crippen LogP contribution in [0.1, 0.15) is 41.9 Å². The van der Waals surface area contributed by atoms with Crippen LogP contribution in [-0.2, 0) is 17.8 Å². The fourth-order valence-corrected chi connectivity index (χ4v) is 5.12. The molecule has 40 heavy (non-hydrogen) atoms. The number of esters is 1. The minimum Gasteiger partial charge on any atom is -0.489 e. The molecule has 0 aliphatic carbocycles. The summed E-state index contributed by atoms with van der Waals surface area (Å²) >= 11 is 13.0. The van der Waals surface area contributed by atoms with Crippen LogP contribution in [0, 0.1) is 0 Å². The number of hydrogen-bond acceptors (Lipinski definition) is 6. The van der Waals surface area contributed by atoms with Crippen LogP contribution in [0.2, 0.25) is 10.0 Å². The van der Waals surface area contributed by atoms with Crippen LogP contribution in [0.4, 0.5) is 11.4 Å². The van der Waals surface area contributed by atoms with Crippen molar-refractivity contribution in [2.24, 2.45) is 0 Å². The minimum atomic E-state index is -0.347. The van der Waals surface area contributed by atoms with E-state index < -0.39 is 0 Å². The molecule has 0 bridgehead atoms. The van der Waals surface area contributed by atoms with Gasteiger partial charge in [-0.25, -0.2) is 4.79 Å². The SMILES string of the molecule is CCCc1onc(-c2c(Cl)cccc2Cl)c1COc1ccc2c(Nc3cccc(C(=O)OCC)c3)cccc2c1. The van der Waals surface area contributed by atoms with Gasteiger partial charge in [0.2, 0.25) is 0 Å². The Morgan fingerprint density at radius 2 is 1.73 bits per heavy atom. The molecule has 0 amide bonds. The van der Waals surface area contributed by atoms with E-state index in [1.807, 2.05) is 48.5 Å². The zero-order valence-electron chi connectivity index (χ0n) is 22.2. The molecule has 8 heteroatoms. The number of anilines is 2. The lowest BCUT2D eigenvalue weighted by Crippen LogP contribution is -2.05. The number of ether oxygens (including phenoxy) is 2. The fourth-order valence-electron chi connectivity index (χ4n) is 4.55. The Balaban J connectivity index is 1.39. The van der Waals surface area contributed by atoms with Crippen LogP contribution >= 0.6 is 23.2 Å². The van der Waals surface area contributed by atoms with Crippen LogP contribution in [0.5, 0.6) is 5.75 Å². The summed E-state index contributed by atoms with van der Waals surface area (Å²) in [5, 5.41) is 10.7. The summed E-state index contributed by atoms with van der Waals surface area (Å²) in [5.41, 5.74) is 4.25. The van der Waals surface area contributed by atoms with Gasteiger partial charge in [0.1, 0.15) is 23.8 Å². The number of aryl methyl sites for hydroxylation is 1. The second-order valence-electron chi connectivity index (χ2n) is 9.18. The lowest BCUT2D eigenvalue weighted by molar-refractivity contribution is 0.0526. The molecule has 0 spiro atoms. The predicted molar refractivity (Wildman–Crippen MR) is 160 cm³/mol. The highest BCUT2D eigenvalue weighted by Crippen LogP contribution is 2.38. The van der Waals surface area contributed by atoms with Gasteiger partial charge in [0.25, 0.3) is 0 Å². The Kier molecular flexibility index (Phi) is 8.58. The van der Waals surface area contributed by atoms with Gasteiger partial charge >= 0.3 is 5.97 Å². The molecule has 6 nitrogen and oxygen atoms in total. The van der Waals surface area contributed by atoms with Crippen LogP contribution in [-0.4, -0.2) is 17.7 Å². The molecule has 0 radical (unpaired) electrons. The van der Waals surface area contributed by atoms with E-state index in [0.717, 1.165) is 46.3 Å². The molecule has 0 aliphatic rings. The molecule has 1 aromatic heterocycles. The number of carbonyl (C=O) groups is 1. The van der Waals surface area contributed by atoms with Crippen molar-refractivity contribution in [3.63, 3.8) is 0 Å². The van der Waals surface area contributed by atoms with Crippen molar-refractivity contribution in [1.29, 1.82) is 0 Å². The highest BCUT2D eigenvalue weighted by atomic mass is 35.5. The van der Waals surface area contributed by atoms with Crippen molar-refractivity contribution in [1.82, 2.24) is 5.16 Å². The monoisotopic (exact) mass is 574 g/mol. The lowest BCUT2D eigenvalue weighted by Gasteiger charge is -2.13. The Morgan fingerprint density at radius 3 is 2.50 bits per heavy atom. The highest BCUT2D eigenvalue weighted by molar-refractivity contribution is 6.39. The summed E-state index contributed by atoms with van der Waals surface area (Å²) in [5.74, 6) is 1.11. The second kappa shape index (κ2) is 12.5. The van der Waals surface area contributed by atoms with Gasteiger partial charge in [0, 0.05) is 28.7 Å². The third kappa shape index (κ3) is 5.93. The number of nitrogens with zero attached hydrogens (tertiary/aromatic N) is 1. The average Bonchev–Trinajstić information content (AvgIpc) is 3.34. The molecule has 5 rings (SSSR count). The zero-order valence-corrected chi connectivity index (χ0v) is 23.7. The first kappa shape index (κ1) is 27.6. The lowest BCUT2D eigenvalue weighted by atomic mass is 10.0. The van der Waals surface area contributed by atoms with Crippen LogP contribution in [0.15, 0.2) is 83.4 Å². The van der Waals surface area contributed by atoms with E-state index in [9.17, 15) is 4.79 Å². The molecule has 1 heterocycles. The highest BCUT2D eigenvalue weighted by Gasteiger charge is 2.22. The van der Waals surface area contributed by atoms with Gasteiger partial charge in [-0.1, -0.05) is 59.5 Å². The summed E-state index contributed by atoms with van der Waals surface area (Å²) in [4.78, 5) is 12.2. The number of halogens is 2. The second-order valence-corrected chi connectivity index (χ2v) is 10.00. The first-order valence-corrected chi connectivity index (χ1v) is 13.9. The quantitative estimate of drug-likeness (QED) is 0.167. The number of fused-ring (bicyclic) bond motifs is 1. The molecule has 5 aromatic rings. The van der Waals surface area contributed by atoms with Crippen LogP contribution in [0.25, 0.3) is 22.0 Å². The normalized spacial score (nSPS) is 11.0. The maximum atomic E-state index is 12.2. The Labute approximate surface area is 242 Å². The van der Waals surface area contributed by atoms with Gasteiger partial charge in [-0.05, 0) is 73.3 Å². The fraction of sp³-hybridized carbons (Fsp3) is 0.188. The number of hydrogen-bond donors (Lipinski definition) is 1. The molecule has 4 aromatic carbocycles. The number of benzene rings is 4. The largest absolute Gasteiger partial charge is 0.489 e. The molecule has 0 unspecified atom stereocenters. The third-order valence-corrected chi connectivity index (χ3v) is 7.06. The standard InChI is InChI=1S/C32H28Cl2N2O4/c1-3-8-29-25(31(36-40-29)30-26(33)12-7-13-27(30)34)19-39-23-15-16-24-20(18-23)9-6-14-28(24)35-22-11-5-10-21(17-22)32(37)38-4-2/h5-7,9-18,35H,3-4,8,19H2,1-2H3. The summed E-state index contributed by atoms with van der Waals surface area (Å²) in [6, 6.07) is 24.5. The summed E-state index contributed by atoms with van der Waals surface area (Å²) in [6.45, 7) is 4.45. The van der Waals surface area contributed by atoms with Crippen molar-refractivity contribution in [2.75, 3.05) is 11.9 Å². The van der Waals surface area contributed by atoms with E-state index in [1.165, 1.54) is 0 Å². The predicted octanol–water partition coefficient (Wildman–Crippen LogP) is 9.25. The van der Waals surface area contributed by atoms with E-state index in [0.29, 0.717) is 39.2 Å². The number of rotatable bonds is 10. The first-order valence-electron chi connectivity index (χ1n) is 13.1. The molecule has 0 atom stereocenters. The van der Waals surface area contributed by atoms with Gasteiger partial charge in [-0.2, -0.15) is 0 Å². The topological polar surface area (TPSA) is 73.6 Å². The molecule has 0 aliphatic heterocycles. The van der Waals surface area contributed by atoms with Gasteiger partial charge in [0.15, 0.2) is 0 Å². The Bertz CT molecular complexity index is 1640. The van der Waals surface area contributed by atoms with Crippen molar-refractivity contribution in [2.45, 2.75) is 33.3 Å². The van der Waals surface area contributed by atoms with E-state index in [2.05, 4.69) is 17.4 Å². The first-order chi connectivity index (χ1) is 19.5. The Morgan fingerprint density at radius 1 is 0.950 bits per heavy atom. The van der Waals surface area contributed by atoms with E-state index in [-0.39, 0.29) is 12.6 Å². The van der Waals surface area contributed by atoms with Gasteiger partial charge < -0.3 is 19.3 Å². The molecule has 1 N–H and O–H groups in total. The summed E-state index contributed by atoms with van der Waals surface area (Å²) < 4.78 is 17.1. The van der Waals surface area contributed by atoms with E-state index in [1.54, 1.807) is 37.3 Å².